The van der Waals surface area contributed by atoms with Crippen LogP contribution in [0.3, 0.4) is 0 Å². The first-order valence-corrected chi connectivity index (χ1v) is 5.13. The van der Waals surface area contributed by atoms with Gasteiger partial charge in [0, 0.05) is 12.0 Å². The molecule has 0 aromatic rings. The van der Waals surface area contributed by atoms with Crippen LogP contribution in [0.2, 0.25) is 0 Å². The van der Waals surface area contributed by atoms with Gasteiger partial charge in [-0.05, 0) is 33.6 Å². The summed E-state index contributed by atoms with van der Waals surface area (Å²) in [5.41, 5.74) is -0.496. The minimum absolute atomic E-state index is 0.00616. The third-order valence-corrected chi connectivity index (χ3v) is 2.32. The van der Waals surface area contributed by atoms with E-state index in [1.165, 1.54) is 0 Å². The number of alkyl carbamates (subject to hydrolysis) is 1. The maximum Gasteiger partial charge on any atom is 0.407 e. The highest BCUT2D eigenvalue weighted by Crippen LogP contribution is 2.29. The van der Waals surface area contributed by atoms with Crippen LogP contribution < -0.4 is 5.32 Å². The van der Waals surface area contributed by atoms with Crippen LogP contribution in [0, 0.1) is 5.92 Å². The van der Waals surface area contributed by atoms with Crippen molar-refractivity contribution >= 4 is 6.09 Å². The molecule has 1 saturated carbocycles. The summed E-state index contributed by atoms with van der Waals surface area (Å²) in [5, 5.41) is 20.3. The molecule has 0 radical (unpaired) electrons. The Morgan fingerprint density at radius 2 is 1.93 bits per heavy atom. The molecule has 0 spiro atoms. The predicted octanol–water partition coefficient (Wildman–Crippen LogP) is 0.600. The zero-order valence-electron chi connectivity index (χ0n) is 9.36. The Kier molecular flexibility index (Phi) is 3.57. The van der Waals surface area contributed by atoms with E-state index in [0.717, 1.165) is 0 Å². The summed E-state index contributed by atoms with van der Waals surface area (Å²) >= 11 is 0. The van der Waals surface area contributed by atoms with E-state index in [-0.39, 0.29) is 12.0 Å². The number of rotatable bonds is 2. The Hall–Kier alpha value is -0.810. The second-order valence-electron chi connectivity index (χ2n) is 4.99. The van der Waals surface area contributed by atoms with Crippen LogP contribution in [0.4, 0.5) is 4.79 Å². The number of hydrogen-bond donors (Lipinski definition) is 3. The minimum atomic E-state index is -1.28. The largest absolute Gasteiger partial charge is 0.444 e. The lowest BCUT2D eigenvalue weighted by molar-refractivity contribution is -0.113. The monoisotopic (exact) mass is 217 g/mol. The molecule has 0 bridgehead atoms. The predicted molar refractivity (Wildman–Crippen MR) is 54.1 cm³/mol. The Bertz CT molecular complexity index is 228. The maximum atomic E-state index is 11.3. The fourth-order valence-corrected chi connectivity index (χ4v) is 1.50. The smallest absolute Gasteiger partial charge is 0.407 e. The summed E-state index contributed by atoms with van der Waals surface area (Å²) in [7, 11) is 0. The second-order valence-corrected chi connectivity index (χ2v) is 4.99. The van der Waals surface area contributed by atoms with Gasteiger partial charge in [-0.25, -0.2) is 4.79 Å². The van der Waals surface area contributed by atoms with Crippen molar-refractivity contribution in [3.63, 3.8) is 0 Å². The molecular weight excluding hydrogens is 198 g/mol. The summed E-state index contributed by atoms with van der Waals surface area (Å²) in [6.07, 6.45) is -0.534. The first-order valence-electron chi connectivity index (χ1n) is 5.13. The van der Waals surface area contributed by atoms with Crippen molar-refractivity contribution in [1.82, 2.24) is 5.32 Å². The van der Waals surface area contributed by atoms with E-state index in [9.17, 15) is 4.79 Å². The lowest BCUT2D eigenvalue weighted by Crippen LogP contribution is -2.49. The molecule has 3 N–H and O–H groups in total. The molecule has 0 saturated heterocycles. The average molecular weight is 217 g/mol. The number of hydrogen-bond acceptors (Lipinski definition) is 4. The molecule has 1 fully saturated rings. The van der Waals surface area contributed by atoms with E-state index < -0.39 is 18.0 Å². The first-order chi connectivity index (χ1) is 6.78. The molecule has 0 aromatic heterocycles. The molecule has 5 nitrogen and oxygen atoms in total. The zero-order chi connectivity index (χ0) is 11.6. The van der Waals surface area contributed by atoms with Gasteiger partial charge < -0.3 is 20.3 Å². The van der Waals surface area contributed by atoms with Gasteiger partial charge in [-0.1, -0.05) is 0 Å². The SMILES string of the molecule is CC(C)(C)OC(=O)NC1CC(C(O)O)C1. The van der Waals surface area contributed by atoms with E-state index in [0.29, 0.717) is 12.8 Å². The fraction of sp³-hybridized carbons (Fsp3) is 0.900. The van der Waals surface area contributed by atoms with Crippen LogP contribution in [0.15, 0.2) is 0 Å². The molecule has 88 valence electrons. The molecule has 0 heterocycles. The van der Waals surface area contributed by atoms with E-state index in [4.69, 9.17) is 14.9 Å². The summed E-state index contributed by atoms with van der Waals surface area (Å²) in [6, 6.07) is 0.00616. The van der Waals surface area contributed by atoms with Crippen LogP contribution in [-0.4, -0.2) is 34.2 Å². The normalized spacial score (nSPS) is 26.0. The quantitative estimate of drug-likeness (QED) is 0.592. The van der Waals surface area contributed by atoms with E-state index in [1.807, 2.05) is 0 Å². The van der Waals surface area contributed by atoms with Gasteiger partial charge >= 0.3 is 6.09 Å². The van der Waals surface area contributed by atoms with Crippen LogP contribution in [0.25, 0.3) is 0 Å². The molecular formula is C10H19NO4. The third kappa shape index (κ3) is 4.05. The van der Waals surface area contributed by atoms with Crippen molar-refractivity contribution in [1.29, 1.82) is 0 Å². The third-order valence-electron chi connectivity index (χ3n) is 2.32. The number of carbonyl (C=O) groups excluding carboxylic acids is 1. The Morgan fingerprint density at radius 1 is 1.40 bits per heavy atom. The molecule has 0 unspecified atom stereocenters. The fourth-order valence-electron chi connectivity index (χ4n) is 1.50. The van der Waals surface area contributed by atoms with Gasteiger partial charge in [0.1, 0.15) is 5.60 Å². The van der Waals surface area contributed by atoms with Gasteiger partial charge in [-0.15, -0.1) is 0 Å². The second kappa shape index (κ2) is 4.37. The van der Waals surface area contributed by atoms with Crippen molar-refractivity contribution in [2.75, 3.05) is 0 Å². The van der Waals surface area contributed by atoms with Crippen molar-refractivity contribution in [3.05, 3.63) is 0 Å². The van der Waals surface area contributed by atoms with E-state index in [1.54, 1.807) is 20.8 Å². The molecule has 0 atom stereocenters. The molecule has 1 aliphatic rings. The van der Waals surface area contributed by atoms with Crippen LogP contribution in [0.5, 0.6) is 0 Å². The Balaban J connectivity index is 2.19. The number of aliphatic hydroxyl groups excluding tert-OH is 1. The standard InChI is InChI=1S/C10H19NO4/c1-10(2,3)15-9(14)11-7-4-6(5-7)8(12)13/h6-8,12-13H,4-5H2,1-3H3,(H,11,14). The molecule has 5 heteroatoms. The van der Waals surface area contributed by atoms with Crippen LogP contribution in [-0.2, 0) is 4.74 Å². The maximum absolute atomic E-state index is 11.3. The Morgan fingerprint density at radius 3 is 2.33 bits per heavy atom. The molecule has 1 rings (SSSR count). The van der Waals surface area contributed by atoms with Crippen molar-refractivity contribution in [3.8, 4) is 0 Å². The van der Waals surface area contributed by atoms with Crippen molar-refractivity contribution < 1.29 is 19.7 Å². The highest BCUT2D eigenvalue weighted by atomic mass is 16.6. The molecule has 1 aliphatic carbocycles. The molecule has 0 aliphatic heterocycles. The lowest BCUT2D eigenvalue weighted by Gasteiger charge is -2.36. The van der Waals surface area contributed by atoms with Crippen molar-refractivity contribution in [2.45, 2.75) is 51.5 Å². The number of amides is 1. The molecule has 0 aromatic carbocycles. The first kappa shape index (κ1) is 12.3. The summed E-state index contributed by atoms with van der Waals surface area (Å²) < 4.78 is 5.06. The number of nitrogens with one attached hydrogen (secondary N) is 1. The number of ether oxygens (including phenoxy) is 1. The topological polar surface area (TPSA) is 78.8 Å². The van der Waals surface area contributed by atoms with Gasteiger partial charge in [-0.3, -0.25) is 0 Å². The van der Waals surface area contributed by atoms with Crippen LogP contribution >= 0.6 is 0 Å². The number of aliphatic hydroxyl groups is 2. The van der Waals surface area contributed by atoms with Gasteiger partial charge in [-0.2, -0.15) is 0 Å². The molecule has 1 amide bonds. The zero-order valence-corrected chi connectivity index (χ0v) is 9.36. The van der Waals surface area contributed by atoms with E-state index in [2.05, 4.69) is 5.32 Å². The van der Waals surface area contributed by atoms with Gasteiger partial charge in [0.2, 0.25) is 0 Å². The highest BCUT2D eigenvalue weighted by molar-refractivity contribution is 5.68. The highest BCUT2D eigenvalue weighted by Gasteiger charge is 2.35. The van der Waals surface area contributed by atoms with Gasteiger partial charge in [0.15, 0.2) is 6.29 Å². The van der Waals surface area contributed by atoms with Gasteiger partial charge in [0.25, 0.3) is 0 Å². The summed E-state index contributed by atoms with van der Waals surface area (Å²) in [6.45, 7) is 5.40. The summed E-state index contributed by atoms with van der Waals surface area (Å²) in [5.74, 6) is -0.120. The Labute approximate surface area is 89.4 Å². The van der Waals surface area contributed by atoms with Crippen molar-refractivity contribution in [2.24, 2.45) is 5.92 Å². The van der Waals surface area contributed by atoms with Gasteiger partial charge in [0.05, 0.1) is 0 Å². The molecule has 15 heavy (non-hydrogen) atoms. The summed E-state index contributed by atoms with van der Waals surface area (Å²) in [4.78, 5) is 11.3. The van der Waals surface area contributed by atoms with Crippen LogP contribution in [0.1, 0.15) is 33.6 Å². The lowest BCUT2D eigenvalue weighted by atomic mass is 9.80. The average Bonchev–Trinajstić information content (AvgIpc) is 1.91. The number of carbonyl (C=O) groups is 1. The minimum Gasteiger partial charge on any atom is -0.444 e. The van der Waals surface area contributed by atoms with E-state index >= 15 is 0 Å².